The number of nitrogens with zero attached hydrogens (tertiary/aromatic N) is 3. The summed E-state index contributed by atoms with van der Waals surface area (Å²) in [6.07, 6.45) is 1.86. The van der Waals surface area contributed by atoms with Crippen LogP contribution in [0.1, 0.15) is 22.3 Å². The summed E-state index contributed by atoms with van der Waals surface area (Å²) in [5.41, 5.74) is 7.79. The van der Waals surface area contributed by atoms with Gasteiger partial charge in [-0.1, -0.05) is 54.1 Å². The van der Waals surface area contributed by atoms with Crippen molar-refractivity contribution < 1.29 is 0 Å². The van der Waals surface area contributed by atoms with Crippen LogP contribution in [0.25, 0.3) is 16.9 Å². The lowest BCUT2D eigenvalue weighted by Gasteiger charge is -2.12. The van der Waals surface area contributed by atoms with Gasteiger partial charge < -0.3 is 5.32 Å². The molecule has 0 aliphatic heterocycles. The van der Waals surface area contributed by atoms with Crippen LogP contribution < -0.4 is 5.32 Å². The summed E-state index contributed by atoms with van der Waals surface area (Å²) in [5.74, 6) is 0.946. The van der Waals surface area contributed by atoms with Crippen LogP contribution in [0, 0.1) is 20.8 Å². The van der Waals surface area contributed by atoms with Crippen molar-refractivity contribution in [2.75, 3.05) is 5.32 Å². The molecule has 4 heteroatoms. The van der Waals surface area contributed by atoms with Crippen molar-refractivity contribution in [2.24, 2.45) is 0 Å². The number of hydrogen-bond acceptors (Lipinski definition) is 3. The molecule has 0 spiro atoms. The van der Waals surface area contributed by atoms with Crippen molar-refractivity contribution in [1.82, 2.24) is 14.6 Å². The second-order valence-corrected chi connectivity index (χ2v) is 6.74. The Morgan fingerprint density at radius 1 is 0.923 bits per heavy atom. The maximum absolute atomic E-state index is 4.85. The van der Waals surface area contributed by atoms with E-state index in [1.807, 2.05) is 17.6 Å². The number of aromatic nitrogens is 3. The van der Waals surface area contributed by atoms with Gasteiger partial charge in [-0.3, -0.25) is 0 Å². The van der Waals surface area contributed by atoms with E-state index in [-0.39, 0.29) is 0 Å². The number of fused-ring (bicyclic) bond motifs is 1. The van der Waals surface area contributed by atoms with Crippen LogP contribution >= 0.6 is 0 Å². The van der Waals surface area contributed by atoms with Gasteiger partial charge in [0.05, 0.1) is 11.9 Å². The molecule has 0 fully saturated rings. The number of rotatable bonds is 4. The third-order valence-corrected chi connectivity index (χ3v) is 4.66. The Morgan fingerprint density at radius 2 is 1.69 bits per heavy atom. The monoisotopic (exact) mass is 342 g/mol. The van der Waals surface area contributed by atoms with Gasteiger partial charge in [0.15, 0.2) is 5.65 Å². The number of hydrogen-bond donors (Lipinski definition) is 1. The summed E-state index contributed by atoms with van der Waals surface area (Å²) in [4.78, 5) is 4.85. The van der Waals surface area contributed by atoms with E-state index in [1.165, 1.54) is 16.7 Å². The van der Waals surface area contributed by atoms with Crippen molar-refractivity contribution >= 4 is 11.5 Å². The van der Waals surface area contributed by atoms with Gasteiger partial charge in [-0.25, -0.2) is 4.98 Å². The molecule has 1 N–H and O–H groups in total. The van der Waals surface area contributed by atoms with Crippen LogP contribution in [0.15, 0.2) is 60.8 Å². The van der Waals surface area contributed by atoms with E-state index in [1.54, 1.807) is 0 Å². The molecular formula is C22H22N4. The quantitative estimate of drug-likeness (QED) is 0.571. The minimum absolute atomic E-state index is 0.742. The van der Waals surface area contributed by atoms with Crippen molar-refractivity contribution in [2.45, 2.75) is 27.3 Å². The molecule has 4 aromatic rings. The minimum Gasteiger partial charge on any atom is -0.366 e. The van der Waals surface area contributed by atoms with Crippen LogP contribution in [0.5, 0.6) is 0 Å². The van der Waals surface area contributed by atoms with Gasteiger partial charge in [0.25, 0.3) is 0 Å². The van der Waals surface area contributed by atoms with E-state index >= 15 is 0 Å². The summed E-state index contributed by atoms with van der Waals surface area (Å²) >= 11 is 0. The number of anilines is 1. The summed E-state index contributed by atoms with van der Waals surface area (Å²) in [6.45, 7) is 7.00. The first-order valence-electron chi connectivity index (χ1n) is 8.82. The minimum atomic E-state index is 0.742. The Balaban J connectivity index is 1.75. The average Bonchev–Trinajstić information content (AvgIpc) is 3.02. The van der Waals surface area contributed by atoms with Crippen molar-refractivity contribution in [1.29, 1.82) is 0 Å². The summed E-state index contributed by atoms with van der Waals surface area (Å²) in [6, 6.07) is 19.0. The molecule has 0 unspecified atom stereocenters. The lowest BCUT2D eigenvalue weighted by molar-refractivity contribution is 0.926. The Bertz CT molecular complexity index is 1060. The third kappa shape index (κ3) is 3.06. The topological polar surface area (TPSA) is 42.2 Å². The third-order valence-electron chi connectivity index (χ3n) is 4.66. The first-order chi connectivity index (χ1) is 12.6. The van der Waals surface area contributed by atoms with E-state index in [0.717, 1.165) is 34.8 Å². The van der Waals surface area contributed by atoms with Gasteiger partial charge in [-0.05, 0) is 31.9 Å². The predicted octanol–water partition coefficient (Wildman–Crippen LogP) is 4.93. The van der Waals surface area contributed by atoms with Crippen molar-refractivity contribution in [3.63, 3.8) is 0 Å². The van der Waals surface area contributed by atoms with Crippen LogP contribution in [0.3, 0.4) is 0 Å². The van der Waals surface area contributed by atoms with E-state index in [9.17, 15) is 0 Å². The zero-order valence-corrected chi connectivity index (χ0v) is 15.3. The lowest BCUT2D eigenvalue weighted by atomic mass is 10.1. The molecule has 0 atom stereocenters. The molecule has 0 aliphatic carbocycles. The molecule has 0 radical (unpaired) electrons. The number of nitrogens with one attached hydrogen (secondary N) is 1. The molecule has 0 saturated heterocycles. The standard InChI is InChI=1S/C22H22N4/c1-15-8-10-18(11-9-15)14-23-21-12-20(19-7-5-4-6-16(19)2)25-22-17(3)13-24-26(21)22/h4-13,23H,14H2,1-3H3. The van der Waals surface area contributed by atoms with Crippen LogP contribution in [0.2, 0.25) is 0 Å². The predicted molar refractivity (Wildman–Crippen MR) is 106 cm³/mol. The highest BCUT2D eigenvalue weighted by Crippen LogP contribution is 2.26. The van der Waals surface area contributed by atoms with Crippen LogP contribution in [0.4, 0.5) is 5.82 Å². The van der Waals surface area contributed by atoms with Gasteiger partial charge in [0.1, 0.15) is 5.82 Å². The molecule has 2 aromatic carbocycles. The highest BCUT2D eigenvalue weighted by molar-refractivity contribution is 5.70. The molecule has 4 rings (SSSR count). The van der Waals surface area contributed by atoms with Gasteiger partial charge >= 0.3 is 0 Å². The largest absolute Gasteiger partial charge is 0.366 e. The highest BCUT2D eigenvalue weighted by Gasteiger charge is 2.12. The molecule has 2 heterocycles. The Labute approximate surface area is 153 Å². The molecule has 0 bridgehead atoms. The summed E-state index contributed by atoms with van der Waals surface area (Å²) in [5, 5.41) is 8.02. The molecule has 4 nitrogen and oxygen atoms in total. The Hall–Kier alpha value is -3.14. The van der Waals surface area contributed by atoms with E-state index in [4.69, 9.17) is 4.98 Å². The van der Waals surface area contributed by atoms with Gasteiger partial charge in [-0.2, -0.15) is 9.61 Å². The Morgan fingerprint density at radius 3 is 2.46 bits per heavy atom. The Kier molecular flexibility index (Phi) is 4.17. The molecule has 26 heavy (non-hydrogen) atoms. The number of benzene rings is 2. The highest BCUT2D eigenvalue weighted by atomic mass is 15.3. The lowest BCUT2D eigenvalue weighted by Crippen LogP contribution is -2.07. The second kappa shape index (κ2) is 6.64. The fourth-order valence-corrected chi connectivity index (χ4v) is 3.10. The van der Waals surface area contributed by atoms with Gasteiger partial charge in [0.2, 0.25) is 0 Å². The van der Waals surface area contributed by atoms with Gasteiger partial charge in [0, 0.05) is 23.7 Å². The molecular weight excluding hydrogens is 320 g/mol. The fraction of sp³-hybridized carbons (Fsp3) is 0.182. The van der Waals surface area contributed by atoms with E-state index in [0.29, 0.717) is 0 Å². The van der Waals surface area contributed by atoms with E-state index < -0.39 is 0 Å². The van der Waals surface area contributed by atoms with Crippen molar-refractivity contribution in [3.8, 4) is 11.3 Å². The average molecular weight is 342 g/mol. The zero-order valence-electron chi connectivity index (χ0n) is 15.3. The van der Waals surface area contributed by atoms with Crippen LogP contribution in [-0.4, -0.2) is 14.6 Å². The SMILES string of the molecule is Cc1ccc(CNc2cc(-c3ccccc3C)nc3c(C)cnn23)cc1. The van der Waals surface area contributed by atoms with E-state index in [2.05, 4.69) is 78.9 Å². The summed E-state index contributed by atoms with van der Waals surface area (Å²) < 4.78 is 1.88. The fourth-order valence-electron chi connectivity index (χ4n) is 3.10. The molecule has 0 aliphatic rings. The maximum Gasteiger partial charge on any atom is 0.160 e. The molecule has 0 saturated carbocycles. The molecule has 0 amide bonds. The normalized spacial score (nSPS) is 11.0. The summed E-state index contributed by atoms with van der Waals surface area (Å²) in [7, 11) is 0. The first kappa shape index (κ1) is 16.3. The first-order valence-corrected chi connectivity index (χ1v) is 8.82. The zero-order chi connectivity index (χ0) is 18.1. The van der Waals surface area contributed by atoms with Crippen LogP contribution in [-0.2, 0) is 6.54 Å². The van der Waals surface area contributed by atoms with Crippen molar-refractivity contribution in [3.05, 3.63) is 83.0 Å². The maximum atomic E-state index is 4.85. The smallest absolute Gasteiger partial charge is 0.160 e. The number of aryl methyl sites for hydroxylation is 3. The second-order valence-electron chi connectivity index (χ2n) is 6.74. The molecule has 130 valence electrons. The molecule has 2 aromatic heterocycles. The van der Waals surface area contributed by atoms with Gasteiger partial charge in [-0.15, -0.1) is 0 Å².